The molecule has 0 heterocycles. The third-order valence-electron chi connectivity index (χ3n) is 1.91. The number of carbonyl (C=O) groups is 1. The average molecular weight is 265 g/mol. The fourth-order valence-electron chi connectivity index (χ4n) is 1.31. The summed E-state index contributed by atoms with van der Waals surface area (Å²) in [6.45, 7) is 0. The Balaban J connectivity index is 3.17. The molecule has 0 bridgehead atoms. The largest absolute Gasteiger partial charge is 0.478 e. The normalized spacial score (nSPS) is 12.6. The van der Waals surface area contributed by atoms with Crippen molar-refractivity contribution in [2.24, 2.45) is 0 Å². The van der Waals surface area contributed by atoms with E-state index in [9.17, 15) is 18.0 Å². The average Bonchev–Trinajstić information content (AvgIpc) is 2.14. The van der Waals surface area contributed by atoms with E-state index in [-0.39, 0.29) is 16.2 Å². The van der Waals surface area contributed by atoms with Crippen LogP contribution in [0.2, 0.25) is 5.02 Å². The molecule has 6 heteroatoms. The van der Waals surface area contributed by atoms with Crippen molar-refractivity contribution in [2.45, 2.75) is 12.6 Å². The summed E-state index contributed by atoms with van der Waals surface area (Å²) in [7, 11) is 0. The molecule has 92 valence electrons. The third kappa shape index (κ3) is 4.48. The van der Waals surface area contributed by atoms with Gasteiger partial charge in [0.15, 0.2) is 0 Å². The number of aliphatic carboxylic acids is 1. The molecule has 1 aromatic rings. The van der Waals surface area contributed by atoms with Crippen LogP contribution in [0.4, 0.5) is 13.2 Å². The van der Waals surface area contributed by atoms with Crippen LogP contribution in [0.15, 0.2) is 30.3 Å². The van der Waals surface area contributed by atoms with Crippen molar-refractivity contribution >= 4 is 23.1 Å². The minimum atomic E-state index is -4.49. The lowest BCUT2D eigenvalue weighted by molar-refractivity contribution is -0.131. The highest BCUT2D eigenvalue weighted by Gasteiger charge is 2.30. The second-order valence-corrected chi connectivity index (χ2v) is 3.69. The second kappa shape index (κ2) is 5.23. The molecule has 1 N–H and O–H groups in total. The highest BCUT2D eigenvalue weighted by molar-refractivity contribution is 6.32. The summed E-state index contributed by atoms with van der Waals surface area (Å²) < 4.78 is 36.9. The predicted octanol–water partition coefficient (Wildman–Crippen LogP) is 3.76. The number of carboxylic acid groups (broad SMARTS) is 1. The minimum absolute atomic E-state index is 0.0777. The monoisotopic (exact) mass is 264 g/mol. The fraction of sp³-hybridized carbons (Fsp3) is 0.182. The van der Waals surface area contributed by atoms with Gasteiger partial charge in [-0.2, -0.15) is 13.2 Å². The standard InChI is InChI=1S/C11H8ClF3O2/c12-9-4-2-1-3-8(9)7(5-10(16)17)6-11(13,14)15/h1-5H,6H2,(H,16,17)/b7-5+. The molecular formula is C11H8ClF3O2. The topological polar surface area (TPSA) is 37.3 Å². The Morgan fingerprint density at radius 3 is 2.41 bits per heavy atom. The van der Waals surface area contributed by atoms with Crippen LogP contribution in [-0.4, -0.2) is 17.3 Å². The van der Waals surface area contributed by atoms with Crippen molar-refractivity contribution < 1.29 is 23.1 Å². The molecule has 0 amide bonds. The molecule has 0 fully saturated rings. The Labute approximate surface area is 100 Å². The summed E-state index contributed by atoms with van der Waals surface area (Å²) >= 11 is 5.73. The molecule has 0 saturated heterocycles. The summed E-state index contributed by atoms with van der Waals surface area (Å²) in [6.07, 6.45) is -5.29. The summed E-state index contributed by atoms with van der Waals surface area (Å²) in [6, 6.07) is 5.80. The minimum Gasteiger partial charge on any atom is -0.478 e. The van der Waals surface area contributed by atoms with E-state index in [2.05, 4.69) is 0 Å². The molecule has 0 saturated carbocycles. The van der Waals surface area contributed by atoms with Crippen molar-refractivity contribution in [1.82, 2.24) is 0 Å². The Morgan fingerprint density at radius 1 is 1.35 bits per heavy atom. The Kier molecular flexibility index (Phi) is 4.17. The van der Waals surface area contributed by atoms with Gasteiger partial charge in [-0.05, 0) is 17.2 Å². The molecule has 1 rings (SSSR count). The van der Waals surface area contributed by atoms with Gasteiger partial charge in [-0.3, -0.25) is 0 Å². The van der Waals surface area contributed by atoms with Crippen LogP contribution in [0.5, 0.6) is 0 Å². The maximum absolute atomic E-state index is 12.3. The van der Waals surface area contributed by atoms with Gasteiger partial charge in [-0.1, -0.05) is 29.8 Å². The van der Waals surface area contributed by atoms with Crippen LogP contribution < -0.4 is 0 Å². The molecule has 1 aromatic carbocycles. The number of alkyl halides is 3. The van der Waals surface area contributed by atoms with Crippen LogP contribution in [-0.2, 0) is 4.79 Å². The maximum Gasteiger partial charge on any atom is 0.393 e. The summed E-state index contributed by atoms with van der Waals surface area (Å²) in [4.78, 5) is 10.5. The first kappa shape index (κ1) is 13.6. The molecule has 0 aliphatic heterocycles. The van der Waals surface area contributed by atoms with E-state index in [0.29, 0.717) is 6.08 Å². The van der Waals surface area contributed by atoms with E-state index < -0.39 is 18.6 Å². The van der Waals surface area contributed by atoms with E-state index in [4.69, 9.17) is 16.7 Å². The smallest absolute Gasteiger partial charge is 0.393 e. The van der Waals surface area contributed by atoms with Crippen molar-refractivity contribution in [3.63, 3.8) is 0 Å². The summed E-state index contributed by atoms with van der Waals surface area (Å²) in [5, 5.41) is 8.63. The lowest BCUT2D eigenvalue weighted by atomic mass is 10.0. The Hall–Kier alpha value is -1.49. The zero-order chi connectivity index (χ0) is 13.1. The van der Waals surface area contributed by atoms with Gasteiger partial charge >= 0.3 is 12.1 Å². The molecule has 17 heavy (non-hydrogen) atoms. The van der Waals surface area contributed by atoms with Crippen LogP contribution in [0, 0.1) is 0 Å². The maximum atomic E-state index is 12.3. The third-order valence-corrected chi connectivity index (χ3v) is 2.24. The second-order valence-electron chi connectivity index (χ2n) is 3.28. The van der Waals surface area contributed by atoms with Crippen LogP contribution in [0.25, 0.3) is 5.57 Å². The predicted molar refractivity (Wildman–Crippen MR) is 57.7 cm³/mol. The van der Waals surface area contributed by atoms with Crippen LogP contribution in [0.3, 0.4) is 0 Å². The van der Waals surface area contributed by atoms with Gasteiger partial charge in [-0.25, -0.2) is 4.79 Å². The number of halogens is 4. The van der Waals surface area contributed by atoms with E-state index in [1.165, 1.54) is 18.2 Å². The van der Waals surface area contributed by atoms with Crippen molar-refractivity contribution in [1.29, 1.82) is 0 Å². The van der Waals surface area contributed by atoms with E-state index >= 15 is 0 Å². The van der Waals surface area contributed by atoms with Gasteiger partial charge in [0.1, 0.15) is 0 Å². The Bertz CT molecular complexity index is 452. The number of allylic oxidation sites excluding steroid dienone is 1. The van der Waals surface area contributed by atoms with Crippen LogP contribution in [0.1, 0.15) is 12.0 Å². The lowest BCUT2D eigenvalue weighted by Gasteiger charge is -2.11. The van der Waals surface area contributed by atoms with E-state index in [1.54, 1.807) is 6.07 Å². The quantitative estimate of drug-likeness (QED) is 0.844. The van der Waals surface area contributed by atoms with Gasteiger partial charge in [0, 0.05) is 11.1 Å². The molecule has 0 radical (unpaired) electrons. The van der Waals surface area contributed by atoms with Crippen molar-refractivity contribution in [3.05, 3.63) is 40.9 Å². The highest BCUT2D eigenvalue weighted by Crippen LogP contribution is 2.33. The van der Waals surface area contributed by atoms with E-state index in [1.807, 2.05) is 0 Å². The fourth-order valence-corrected chi connectivity index (χ4v) is 1.57. The zero-order valence-corrected chi connectivity index (χ0v) is 9.22. The molecular weight excluding hydrogens is 257 g/mol. The van der Waals surface area contributed by atoms with E-state index in [0.717, 1.165) is 0 Å². The molecule has 0 atom stereocenters. The Morgan fingerprint density at radius 2 is 1.94 bits per heavy atom. The molecule has 0 aliphatic rings. The number of hydrogen-bond acceptors (Lipinski definition) is 1. The molecule has 0 unspecified atom stereocenters. The highest BCUT2D eigenvalue weighted by atomic mass is 35.5. The molecule has 0 spiro atoms. The van der Waals surface area contributed by atoms with Gasteiger partial charge in [-0.15, -0.1) is 0 Å². The van der Waals surface area contributed by atoms with Gasteiger partial charge < -0.3 is 5.11 Å². The van der Waals surface area contributed by atoms with Crippen LogP contribution >= 0.6 is 11.6 Å². The first-order chi connectivity index (χ1) is 7.79. The summed E-state index contributed by atoms with van der Waals surface area (Å²) in [5.41, 5.74) is -0.288. The van der Waals surface area contributed by atoms with Gasteiger partial charge in [0.05, 0.1) is 6.42 Å². The van der Waals surface area contributed by atoms with Crippen molar-refractivity contribution in [2.75, 3.05) is 0 Å². The first-order valence-electron chi connectivity index (χ1n) is 4.55. The summed E-state index contributed by atoms with van der Waals surface area (Å²) in [5.74, 6) is -1.44. The van der Waals surface area contributed by atoms with Gasteiger partial charge in [0.2, 0.25) is 0 Å². The van der Waals surface area contributed by atoms with Crippen molar-refractivity contribution in [3.8, 4) is 0 Å². The lowest BCUT2D eigenvalue weighted by Crippen LogP contribution is -2.09. The SMILES string of the molecule is O=C(O)/C=C(\CC(F)(F)F)c1ccccc1Cl. The number of carboxylic acids is 1. The number of hydrogen-bond donors (Lipinski definition) is 1. The molecule has 0 aromatic heterocycles. The number of rotatable bonds is 3. The van der Waals surface area contributed by atoms with Gasteiger partial charge in [0.25, 0.3) is 0 Å². The molecule has 2 nitrogen and oxygen atoms in total. The zero-order valence-electron chi connectivity index (χ0n) is 8.46. The molecule has 0 aliphatic carbocycles. The first-order valence-corrected chi connectivity index (χ1v) is 4.92. The number of benzene rings is 1.